The SMILES string of the molecule is S=C([S-])N(Cc1ccccc1)C1CCCC(N(Cc2ccccc2)C(=S)[S-])N1.S=C([S-])N(Cc1ccccc1)C1CCCC(N(Cc2ccccc2)C(=S)[S-])N1.[CH2]CCC.[CH2]CCC.[HH].[HH].[Sn+2].[Sn+2]. The van der Waals surface area contributed by atoms with Crippen LogP contribution in [0.4, 0.5) is 0 Å². The number of nitrogens with zero attached hydrogens (tertiary/aromatic N) is 4. The van der Waals surface area contributed by atoms with Gasteiger partial charge in [-0.3, -0.25) is 10.6 Å². The van der Waals surface area contributed by atoms with E-state index in [2.05, 4.69) is 106 Å². The van der Waals surface area contributed by atoms with E-state index in [1.165, 1.54) is 35.1 Å². The van der Waals surface area contributed by atoms with Crippen molar-refractivity contribution in [3.63, 3.8) is 0 Å². The Bertz CT molecular complexity index is 1660. The molecule has 66 heavy (non-hydrogen) atoms. The molecule has 0 bridgehead atoms. The number of thiocarbonyl (C=S) groups is 4. The molecule has 2 saturated heterocycles. The third-order valence-electron chi connectivity index (χ3n) is 10.6. The second kappa shape index (κ2) is 36.7. The van der Waals surface area contributed by atoms with Gasteiger partial charge in [0.1, 0.15) is 0 Å². The molecule has 6 rings (SSSR count). The minimum atomic E-state index is 0. The van der Waals surface area contributed by atoms with Crippen LogP contribution in [0, 0.1) is 13.8 Å². The van der Waals surface area contributed by atoms with E-state index in [0.717, 1.165) is 51.4 Å². The van der Waals surface area contributed by atoms with E-state index in [0.29, 0.717) is 43.5 Å². The van der Waals surface area contributed by atoms with Crippen molar-refractivity contribution in [3.8, 4) is 0 Å². The quantitative estimate of drug-likeness (QED) is 0.0715. The molecule has 0 aromatic heterocycles. The summed E-state index contributed by atoms with van der Waals surface area (Å²) in [7, 11) is 0. The predicted octanol–water partition coefficient (Wildman–Crippen LogP) is 11.1. The number of piperidine rings is 2. The van der Waals surface area contributed by atoms with E-state index in [1.807, 2.05) is 72.8 Å². The van der Waals surface area contributed by atoms with Crippen LogP contribution in [0.2, 0.25) is 0 Å². The summed E-state index contributed by atoms with van der Waals surface area (Å²) in [6, 6.07) is 41.1. The maximum Gasteiger partial charge on any atom is 2.00 e. The van der Waals surface area contributed by atoms with Gasteiger partial charge in [0.25, 0.3) is 0 Å². The molecule has 0 spiro atoms. The molecule has 2 aliphatic heterocycles. The van der Waals surface area contributed by atoms with Gasteiger partial charge in [-0.15, -0.1) is 0 Å². The van der Waals surface area contributed by atoms with Crippen molar-refractivity contribution in [2.45, 2.75) is 129 Å². The summed E-state index contributed by atoms with van der Waals surface area (Å²) in [5, 5.41) is 7.40. The Morgan fingerprint density at radius 2 is 0.636 bits per heavy atom. The van der Waals surface area contributed by atoms with Crippen LogP contribution in [0.25, 0.3) is 0 Å². The molecule has 4 aromatic rings. The van der Waals surface area contributed by atoms with E-state index >= 15 is 0 Å². The summed E-state index contributed by atoms with van der Waals surface area (Å²) in [6.45, 7) is 14.2. The topological polar surface area (TPSA) is 37.0 Å². The summed E-state index contributed by atoms with van der Waals surface area (Å²) >= 11 is 43.2. The average Bonchev–Trinajstić information content (AvgIpc) is 3.32. The smallest absolute Gasteiger partial charge is 0.411 e. The first kappa shape index (κ1) is 62.9. The molecule has 2 heterocycles. The third-order valence-corrected chi connectivity index (χ3v) is 12.5. The van der Waals surface area contributed by atoms with E-state index in [4.69, 9.17) is 99.4 Å². The predicted molar refractivity (Wildman–Crippen MR) is 313 cm³/mol. The molecule has 0 aliphatic carbocycles. The Kier molecular flexibility index (Phi) is 35.0. The van der Waals surface area contributed by atoms with Crippen molar-refractivity contribution < 1.29 is 2.85 Å². The molecule has 2 aliphatic rings. The van der Waals surface area contributed by atoms with Gasteiger partial charge in [0.05, 0.1) is 24.7 Å². The largest absolute Gasteiger partial charge is 2.00 e. The molecule has 0 amide bonds. The van der Waals surface area contributed by atoms with Gasteiger partial charge < -0.3 is 119 Å². The first-order chi connectivity index (χ1) is 30.9. The van der Waals surface area contributed by atoms with Gasteiger partial charge in [0.15, 0.2) is 0 Å². The van der Waals surface area contributed by atoms with Crippen molar-refractivity contribution in [2.24, 2.45) is 0 Å². The van der Waals surface area contributed by atoms with Crippen LogP contribution in [0.3, 0.4) is 0 Å². The zero-order valence-electron chi connectivity index (χ0n) is 38.2. The van der Waals surface area contributed by atoms with Gasteiger partial charge in [0, 0.05) is 29.0 Å². The number of rotatable bonds is 14. The first-order valence-corrected chi connectivity index (χ1v) is 25.3. The van der Waals surface area contributed by atoms with Crippen LogP contribution in [0.15, 0.2) is 121 Å². The maximum atomic E-state index is 5.40. The van der Waals surface area contributed by atoms with Crippen molar-refractivity contribution in [1.82, 2.24) is 30.2 Å². The summed E-state index contributed by atoms with van der Waals surface area (Å²) in [4.78, 5) is 8.39. The van der Waals surface area contributed by atoms with Gasteiger partial charge in [-0.1, -0.05) is 192 Å². The first-order valence-electron chi connectivity index (χ1n) is 22.1. The summed E-state index contributed by atoms with van der Waals surface area (Å²) in [5.41, 5.74) is 4.77. The Balaban J connectivity index is 0. The fraction of sp³-hybridized carbons (Fsp3) is 0.400. The van der Waals surface area contributed by atoms with Gasteiger partial charge in [-0.05, 0) is 60.8 Å². The van der Waals surface area contributed by atoms with Crippen molar-refractivity contribution in [3.05, 3.63) is 157 Å². The van der Waals surface area contributed by atoms with Crippen LogP contribution in [0.5, 0.6) is 0 Å². The Hall–Kier alpha value is -1.16. The molecule has 2 fully saturated rings. The van der Waals surface area contributed by atoms with Gasteiger partial charge >= 0.3 is 47.8 Å². The molecular weight excluding hydrogens is 1180 g/mol. The third kappa shape index (κ3) is 23.6. The number of hydrogen-bond donors (Lipinski definition) is 2. The van der Waals surface area contributed by atoms with Gasteiger partial charge in [-0.25, -0.2) is 0 Å². The van der Waals surface area contributed by atoms with E-state index in [1.54, 1.807) is 0 Å². The van der Waals surface area contributed by atoms with Crippen LogP contribution in [-0.4, -0.2) is 109 Å². The molecule has 4 unspecified atom stereocenters. The van der Waals surface area contributed by atoms with Gasteiger partial charge in [-0.2, -0.15) is 0 Å². The number of hydrogen-bond acceptors (Lipinski definition) is 10. The monoisotopic (exact) mass is 1250 g/mol. The molecule has 6 radical (unpaired) electrons. The molecule has 354 valence electrons. The molecule has 4 aromatic carbocycles. The fourth-order valence-electron chi connectivity index (χ4n) is 7.10. The van der Waals surface area contributed by atoms with Crippen LogP contribution in [-0.2, 0) is 76.7 Å². The standard InChI is InChI=1S/2C21H25N3S4.2C4H9.2Sn.2H2/c2*25-20(26)23(14-16-8-3-1-4-9-16)18-12-7-13-19(22-18)24(21(27)28)15-17-10-5-2-6-11-17;2*1-3-4-2;;;;/h2*1-6,8-11,18-19,22H,7,12-15H2,(H,25,26)(H,27,28);2*1,3-4H2,2H3;;;2*1H/q;;;;2*+2;;/p-4. The summed E-state index contributed by atoms with van der Waals surface area (Å²) in [6.07, 6.45) is 10.9. The van der Waals surface area contributed by atoms with E-state index < -0.39 is 0 Å². The van der Waals surface area contributed by atoms with Gasteiger partial charge in [0.2, 0.25) is 0 Å². The summed E-state index contributed by atoms with van der Waals surface area (Å²) in [5.74, 6) is 0. The molecule has 0 saturated carbocycles. The number of nitrogens with one attached hydrogen (secondary N) is 2. The Morgan fingerprint density at radius 1 is 0.455 bits per heavy atom. The molecular formula is C50H68N6S8Sn2. The second-order valence-corrected chi connectivity index (χ2v) is 19.6. The van der Waals surface area contributed by atoms with Crippen LogP contribution < -0.4 is 10.6 Å². The zero-order valence-corrected chi connectivity index (χ0v) is 50.5. The zero-order chi connectivity index (χ0) is 46.7. The van der Waals surface area contributed by atoms with Crippen molar-refractivity contribution in [2.75, 3.05) is 0 Å². The number of unbranched alkanes of at least 4 members (excludes halogenated alkanes) is 2. The van der Waals surface area contributed by atoms with Crippen molar-refractivity contribution >= 4 is 164 Å². The fourth-order valence-corrected chi connectivity index (χ4v) is 8.63. The van der Waals surface area contributed by atoms with Crippen molar-refractivity contribution in [1.29, 1.82) is 0 Å². The Labute approximate surface area is 478 Å². The molecule has 6 nitrogen and oxygen atoms in total. The minimum absolute atomic E-state index is 0. The summed E-state index contributed by atoms with van der Waals surface area (Å²) < 4.78 is 1.94. The van der Waals surface area contributed by atoms with Crippen LogP contribution >= 0.6 is 48.9 Å². The minimum Gasteiger partial charge on any atom is -0.411 e. The number of benzene rings is 4. The second-order valence-electron chi connectivity index (χ2n) is 15.5. The van der Waals surface area contributed by atoms with E-state index in [9.17, 15) is 0 Å². The molecule has 16 heteroatoms. The van der Waals surface area contributed by atoms with E-state index in [-0.39, 0.29) is 75.3 Å². The van der Waals surface area contributed by atoms with Crippen LogP contribution in [0.1, 0.15) is 103 Å². The molecule has 4 atom stereocenters. The maximum absolute atomic E-state index is 5.40. The molecule has 2 N–H and O–H groups in total. The normalized spacial score (nSPS) is 17.0. The average molecular weight is 1250 g/mol. The Morgan fingerprint density at radius 3 is 0.788 bits per heavy atom.